The van der Waals surface area contributed by atoms with E-state index in [0.29, 0.717) is 13.2 Å². The van der Waals surface area contributed by atoms with Gasteiger partial charge >= 0.3 is 6.18 Å². The smallest absolute Gasteiger partial charge is 0.375 e. The zero-order valence-electron chi connectivity index (χ0n) is 18.6. The molecular weight excluding hydrogens is 415 g/mol. The summed E-state index contributed by atoms with van der Waals surface area (Å²) < 4.78 is 50.0. The van der Waals surface area contributed by atoms with Crippen molar-refractivity contribution in [2.45, 2.75) is 50.5 Å². The Kier molecular flexibility index (Phi) is 6.37. The topological polar surface area (TPSA) is 21.7 Å². The number of halogens is 3. The lowest BCUT2D eigenvalue weighted by atomic mass is 9.88. The van der Waals surface area contributed by atoms with E-state index in [0.717, 1.165) is 48.3 Å². The van der Waals surface area contributed by atoms with Gasteiger partial charge in [-0.25, -0.2) is 0 Å². The molecule has 172 valence electrons. The molecule has 2 fully saturated rings. The van der Waals surface area contributed by atoms with Gasteiger partial charge in [0.2, 0.25) is 0 Å². The molecule has 0 spiro atoms. The standard InChI is InChI=1S/C26H30F3NO2/c1-18(2)32-25(16-31-17-25)23-8-4-20(5-9-23)19(3)30-14-12-22(13-15-30)21-6-10-24(11-7-21)26(27,28)29/h4-11,18,22H,3,12-17H2,1-2H3. The second kappa shape index (κ2) is 8.91. The van der Waals surface area contributed by atoms with Crippen molar-refractivity contribution in [3.05, 3.63) is 77.4 Å². The molecule has 0 amide bonds. The van der Waals surface area contributed by atoms with E-state index < -0.39 is 11.7 Å². The third-order valence-corrected chi connectivity index (χ3v) is 6.46. The number of hydrogen-bond donors (Lipinski definition) is 0. The molecule has 2 aromatic rings. The van der Waals surface area contributed by atoms with Gasteiger partial charge in [0.1, 0.15) is 5.60 Å². The highest BCUT2D eigenvalue weighted by atomic mass is 19.4. The molecule has 2 aliphatic rings. The molecule has 0 atom stereocenters. The molecule has 0 bridgehead atoms. The first kappa shape index (κ1) is 22.9. The molecule has 0 aromatic heterocycles. The fourth-order valence-corrected chi connectivity index (χ4v) is 4.62. The van der Waals surface area contributed by atoms with E-state index in [2.05, 4.69) is 35.7 Å². The van der Waals surface area contributed by atoms with E-state index in [-0.39, 0.29) is 17.6 Å². The minimum absolute atomic E-state index is 0.125. The van der Waals surface area contributed by atoms with E-state index in [1.165, 1.54) is 12.1 Å². The Morgan fingerprint density at radius 3 is 2.09 bits per heavy atom. The van der Waals surface area contributed by atoms with Crippen LogP contribution in [0, 0.1) is 0 Å². The Hall–Kier alpha value is -2.31. The zero-order valence-corrected chi connectivity index (χ0v) is 18.6. The number of piperidine rings is 1. The molecule has 2 aromatic carbocycles. The molecule has 2 aliphatic heterocycles. The van der Waals surface area contributed by atoms with Crippen molar-refractivity contribution in [2.24, 2.45) is 0 Å². The van der Waals surface area contributed by atoms with Gasteiger partial charge in [-0.15, -0.1) is 0 Å². The van der Waals surface area contributed by atoms with Crippen molar-refractivity contribution in [1.29, 1.82) is 0 Å². The monoisotopic (exact) mass is 445 g/mol. The van der Waals surface area contributed by atoms with Crippen molar-refractivity contribution in [3.8, 4) is 0 Å². The molecule has 2 heterocycles. The van der Waals surface area contributed by atoms with E-state index in [1.807, 2.05) is 13.8 Å². The second-order valence-electron chi connectivity index (χ2n) is 9.06. The quantitative estimate of drug-likeness (QED) is 0.528. The van der Waals surface area contributed by atoms with Gasteiger partial charge in [0.05, 0.1) is 24.9 Å². The van der Waals surface area contributed by atoms with E-state index in [4.69, 9.17) is 9.47 Å². The minimum atomic E-state index is -4.29. The first-order chi connectivity index (χ1) is 15.2. The molecule has 2 saturated heterocycles. The highest BCUT2D eigenvalue weighted by molar-refractivity contribution is 5.62. The average molecular weight is 446 g/mol. The van der Waals surface area contributed by atoms with Crippen LogP contribution in [-0.4, -0.2) is 37.3 Å². The fraction of sp³-hybridized carbons (Fsp3) is 0.462. The maximum absolute atomic E-state index is 12.8. The third-order valence-electron chi connectivity index (χ3n) is 6.46. The first-order valence-corrected chi connectivity index (χ1v) is 11.2. The third kappa shape index (κ3) is 4.71. The van der Waals surface area contributed by atoms with E-state index >= 15 is 0 Å². The van der Waals surface area contributed by atoms with E-state index in [1.54, 1.807) is 12.1 Å². The van der Waals surface area contributed by atoms with Gasteiger partial charge in [-0.2, -0.15) is 13.2 Å². The summed E-state index contributed by atoms with van der Waals surface area (Å²) in [4.78, 5) is 2.27. The van der Waals surface area contributed by atoms with Crippen LogP contribution in [0.3, 0.4) is 0 Å². The van der Waals surface area contributed by atoms with Gasteiger partial charge in [0, 0.05) is 18.8 Å². The van der Waals surface area contributed by atoms with Gasteiger partial charge in [-0.3, -0.25) is 0 Å². The molecule has 0 saturated carbocycles. The second-order valence-corrected chi connectivity index (χ2v) is 9.06. The minimum Gasteiger partial charge on any atom is -0.375 e. The Labute approximate surface area is 187 Å². The lowest BCUT2D eigenvalue weighted by molar-refractivity contribution is -0.232. The number of rotatable bonds is 6. The van der Waals surface area contributed by atoms with Crippen molar-refractivity contribution in [3.63, 3.8) is 0 Å². The summed E-state index contributed by atoms with van der Waals surface area (Å²) >= 11 is 0. The summed E-state index contributed by atoms with van der Waals surface area (Å²) in [6, 6.07) is 14.0. The van der Waals surface area contributed by atoms with Gasteiger partial charge < -0.3 is 14.4 Å². The predicted octanol–water partition coefficient (Wildman–Crippen LogP) is 6.21. The van der Waals surface area contributed by atoms with Crippen LogP contribution >= 0.6 is 0 Å². The SMILES string of the molecule is C=C(c1ccc(C2(OC(C)C)COC2)cc1)N1CCC(c2ccc(C(F)(F)F)cc2)CC1. The van der Waals surface area contributed by atoms with Crippen molar-refractivity contribution in [1.82, 2.24) is 4.90 Å². The molecule has 0 unspecified atom stereocenters. The maximum Gasteiger partial charge on any atom is 0.416 e. The summed E-state index contributed by atoms with van der Waals surface area (Å²) in [5, 5.41) is 0. The lowest BCUT2D eigenvalue weighted by Gasteiger charge is -2.43. The highest BCUT2D eigenvalue weighted by Crippen LogP contribution is 2.37. The molecule has 32 heavy (non-hydrogen) atoms. The predicted molar refractivity (Wildman–Crippen MR) is 119 cm³/mol. The van der Waals surface area contributed by atoms with Crippen LogP contribution in [0.4, 0.5) is 13.2 Å². The number of hydrogen-bond acceptors (Lipinski definition) is 3. The Morgan fingerprint density at radius 1 is 1.03 bits per heavy atom. The molecule has 3 nitrogen and oxygen atoms in total. The molecule has 6 heteroatoms. The summed E-state index contributed by atoms with van der Waals surface area (Å²) in [6.45, 7) is 11.2. The Bertz CT molecular complexity index is 923. The first-order valence-electron chi connectivity index (χ1n) is 11.2. The molecule has 0 N–H and O–H groups in total. The van der Waals surface area contributed by atoms with E-state index in [9.17, 15) is 13.2 Å². The summed E-state index contributed by atoms with van der Waals surface area (Å²) in [7, 11) is 0. The van der Waals surface area contributed by atoms with Crippen molar-refractivity contribution >= 4 is 5.70 Å². The number of likely N-dealkylation sites (tertiary alicyclic amines) is 1. The zero-order chi connectivity index (χ0) is 22.9. The van der Waals surface area contributed by atoms with Gasteiger partial charge in [-0.05, 0) is 61.4 Å². The van der Waals surface area contributed by atoms with Gasteiger partial charge in [-0.1, -0.05) is 43.0 Å². The van der Waals surface area contributed by atoms with Crippen molar-refractivity contribution < 1.29 is 22.6 Å². The Morgan fingerprint density at radius 2 is 1.62 bits per heavy atom. The van der Waals surface area contributed by atoms with Crippen LogP contribution in [0.25, 0.3) is 5.70 Å². The summed E-state index contributed by atoms with van der Waals surface area (Å²) in [6.07, 6.45) is -2.38. The van der Waals surface area contributed by atoms with Crippen LogP contribution in [0.2, 0.25) is 0 Å². The van der Waals surface area contributed by atoms with Crippen molar-refractivity contribution in [2.75, 3.05) is 26.3 Å². The van der Waals surface area contributed by atoms with Crippen LogP contribution < -0.4 is 0 Å². The van der Waals surface area contributed by atoms with Crippen LogP contribution in [0.15, 0.2) is 55.1 Å². The molecule has 0 radical (unpaired) electrons. The number of ether oxygens (including phenoxy) is 2. The fourth-order valence-electron chi connectivity index (χ4n) is 4.62. The molecule has 4 rings (SSSR count). The number of benzene rings is 2. The normalized spacial score (nSPS) is 19.1. The van der Waals surface area contributed by atoms with Crippen LogP contribution in [0.5, 0.6) is 0 Å². The summed E-state index contributed by atoms with van der Waals surface area (Å²) in [5.74, 6) is 0.273. The number of nitrogens with zero attached hydrogens (tertiary/aromatic N) is 1. The Balaban J connectivity index is 1.36. The van der Waals surface area contributed by atoms with Crippen LogP contribution in [-0.2, 0) is 21.3 Å². The lowest BCUT2D eigenvalue weighted by Crippen LogP contribution is -2.50. The van der Waals surface area contributed by atoms with Gasteiger partial charge in [0.25, 0.3) is 0 Å². The largest absolute Gasteiger partial charge is 0.416 e. The molecule has 0 aliphatic carbocycles. The summed E-state index contributed by atoms with van der Waals surface area (Å²) in [5.41, 5.74) is 3.20. The average Bonchev–Trinajstić information content (AvgIpc) is 2.75. The molecular formula is C26H30F3NO2. The maximum atomic E-state index is 12.8. The van der Waals surface area contributed by atoms with Gasteiger partial charge in [0.15, 0.2) is 0 Å². The van der Waals surface area contributed by atoms with Crippen LogP contribution in [0.1, 0.15) is 54.9 Å². The number of alkyl halides is 3. The highest BCUT2D eigenvalue weighted by Gasteiger charge is 2.42.